The maximum absolute atomic E-state index is 12.8. The van der Waals surface area contributed by atoms with Crippen LogP contribution in [0.1, 0.15) is 36.0 Å². The fourth-order valence-corrected chi connectivity index (χ4v) is 3.94. The highest BCUT2D eigenvalue weighted by Gasteiger charge is 2.33. The molecule has 0 spiro atoms. The van der Waals surface area contributed by atoms with Crippen LogP contribution in [-0.2, 0) is 4.79 Å². The largest absolute Gasteiger partial charge is 0.341 e. The molecule has 0 bridgehead atoms. The van der Waals surface area contributed by atoms with Gasteiger partial charge in [0.15, 0.2) is 0 Å². The van der Waals surface area contributed by atoms with E-state index >= 15 is 0 Å². The number of nitrogens with zero attached hydrogens (tertiary/aromatic N) is 2. The zero-order valence-corrected chi connectivity index (χ0v) is 15.6. The van der Waals surface area contributed by atoms with Gasteiger partial charge in [0.1, 0.15) is 0 Å². The average molecular weight is 384 g/mol. The first-order valence-corrected chi connectivity index (χ1v) is 9.50. The van der Waals surface area contributed by atoms with E-state index in [0.29, 0.717) is 35.2 Å². The molecule has 7 heteroatoms. The molecule has 1 aromatic carbocycles. The van der Waals surface area contributed by atoms with Gasteiger partial charge < -0.3 is 15.5 Å². The van der Waals surface area contributed by atoms with Crippen LogP contribution in [0.5, 0.6) is 0 Å². The number of halogens is 2. The van der Waals surface area contributed by atoms with Gasteiger partial charge in [-0.25, -0.2) is 0 Å². The van der Waals surface area contributed by atoms with Gasteiger partial charge in [-0.3, -0.25) is 9.59 Å². The van der Waals surface area contributed by atoms with Gasteiger partial charge in [0.05, 0.1) is 16.0 Å². The van der Waals surface area contributed by atoms with Crippen LogP contribution in [0.15, 0.2) is 18.2 Å². The minimum absolute atomic E-state index is 0.0650. The highest BCUT2D eigenvalue weighted by atomic mass is 35.5. The summed E-state index contributed by atoms with van der Waals surface area (Å²) in [5, 5.41) is 0.783. The lowest BCUT2D eigenvalue weighted by atomic mass is 9.94. The Morgan fingerprint density at radius 3 is 2.44 bits per heavy atom. The third-order valence-corrected chi connectivity index (χ3v) is 5.73. The Kier molecular flexibility index (Phi) is 5.87. The molecule has 2 fully saturated rings. The van der Waals surface area contributed by atoms with Crippen molar-refractivity contribution in [3.05, 3.63) is 33.8 Å². The van der Waals surface area contributed by atoms with Crippen molar-refractivity contribution in [3.63, 3.8) is 0 Å². The molecule has 3 rings (SSSR count). The monoisotopic (exact) mass is 383 g/mol. The fraction of sp³-hybridized carbons (Fsp3) is 0.556. The van der Waals surface area contributed by atoms with Crippen molar-refractivity contribution in [2.75, 3.05) is 26.2 Å². The molecule has 2 aliphatic heterocycles. The van der Waals surface area contributed by atoms with Crippen LogP contribution < -0.4 is 5.73 Å². The zero-order valence-electron chi connectivity index (χ0n) is 14.1. The number of hydrogen-bond acceptors (Lipinski definition) is 3. The SMILES string of the molecule is NC1CCCN(C(=O)C2CCCN(C(=O)c3ccc(Cl)c(Cl)c3)C2)C1. The van der Waals surface area contributed by atoms with Crippen LogP contribution in [0.3, 0.4) is 0 Å². The smallest absolute Gasteiger partial charge is 0.253 e. The van der Waals surface area contributed by atoms with Gasteiger partial charge >= 0.3 is 0 Å². The van der Waals surface area contributed by atoms with Crippen molar-refractivity contribution in [2.45, 2.75) is 31.7 Å². The number of carbonyl (C=O) groups excluding carboxylic acids is 2. The standard InChI is InChI=1S/C18H23Cl2N3O2/c19-15-6-5-12(9-16(15)20)17(24)22-7-1-3-13(10-22)18(25)23-8-2-4-14(21)11-23/h5-6,9,13-14H,1-4,7-8,10-11,21H2. The molecule has 0 saturated carbocycles. The van der Waals surface area contributed by atoms with E-state index in [-0.39, 0.29) is 23.8 Å². The first kappa shape index (κ1) is 18.5. The van der Waals surface area contributed by atoms with Gasteiger partial charge in [-0.1, -0.05) is 23.2 Å². The van der Waals surface area contributed by atoms with Crippen LogP contribution in [0.2, 0.25) is 10.0 Å². The Morgan fingerprint density at radius 1 is 1.00 bits per heavy atom. The number of likely N-dealkylation sites (tertiary alicyclic amines) is 2. The second-order valence-corrected chi connectivity index (χ2v) is 7.72. The van der Waals surface area contributed by atoms with E-state index in [1.807, 2.05) is 4.90 Å². The summed E-state index contributed by atoms with van der Waals surface area (Å²) < 4.78 is 0. The highest BCUT2D eigenvalue weighted by Crippen LogP contribution is 2.26. The number of piperidine rings is 2. The van der Waals surface area contributed by atoms with Crippen molar-refractivity contribution < 1.29 is 9.59 Å². The molecule has 2 N–H and O–H groups in total. The van der Waals surface area contributed by atoms with Crippen LogP contribution >= 0.6 is 23.2 Å². The molecule has 2 aliphatic rings. The summed E-state index contributed by atoms with van der Waals surface area (Å²) in [6.07, 6.45) is 3.56. The van der Waals surface area contributed by atoms with E-state index in [2.05, 4.69) is 0 Å². The summed E-state index contributed by atoms with van der Waals surface area (Å²) >= 11 is 11.9. The first-order valence-electron chi connectivity index (χ1n) is 8.74. The Balaban J connectivity index is 1.66. The van der Waals surface area contributed by atoms with Gasteiger partial charge in [0.25, 0.3) is 5.91 Å². The van der Waals surface area contributed by atoms with E-state index in [1.165, 1.54) is 0 Å². The molecular weight excluding hydrogens is 361 g/mol. The van der Waals surface area contributed by atoms with Gasteiger partial charge in [0, 0.05) is 37.8 Å². The molecule has 2 amide bonds. The summed E-state index contributed by atoms with van der Waals surface area (Å²) in [4.78, 5) is 29.1. The second kappa shape index (κ2) is 7.94. The number of rotatable bonds is 2. The van der Waals surface area contributed by atoms with E-state index < -0.39 is 0 Å². The predicted octanol–water partition coefficient (Wildman–Crippen LogP) is 2.80. The Morgan fingerprint density at radius 2 is 1.72 bits per heavy atom. The first-order chi connectivity index (χ1) is 12.0. The Hall–Kier alpha value is -1.30. The maximum atomic E-state index is 12.8. The molecule has 5 nitrogen and oxygen atoms in total. The molecule has 0 aliphatic carbocycles. The summed E-state index contributed by atoms with van der Waals surface area (Å²) in [7, 11) is 0. The summed E-state index contributed by atoms with van der Waals surface area (Å²) in [5.74, 6) is -0.126. The van der Waals surface area contributed by atoms with Crippen molar-refractivity contribution in [2.24, 2.45) is 11.7 Å². The third-order valence-electron chi connectivity index (χ3n) is 4.99. The Bertz CT molecular complexity index is 668. The Labute approximate surface area is 158 Å². The summed E-state index contributed by atoms with van der Waals surface area (Å²) in [6.45, 7) is 2.49. The number of hydrogen-bond donors (Lipinski definition) is 1. The molecule has 2 saturated heterocycles. The van der Waals surface area contributed by atoms with Crippen LogP contribution in [0, 0.1) is 5.92 Å². The van der Waals surface area contributed by atoms with Crippen LogP contribution in [0.25, 0.3) is 0 Å². The van der Waals surface area contributed by atoms with Gasteiger partial charge in [-0.05, 0) is 43.9 Å². The summed E-state index contributed by atoms with van der Waals surface area (Å²) in [5.41, 5.74) is 6.49. The summed E-state index contributed by atoms with van der Waals surface area (Å²) in [6, 6.07) is 4.95. The lowest BCUT2D eigenvalue weighted by molar-refractivity contribution is -0.138. The molecule has 2 unspecified atom stereocenters. The topological polar surface area (TPSA) is 66.6 Å². The van der Waals surface area contributed by atoms with E-state index in [0.717, 1.165) is 32.2 Å². The van der Waals surface area contributed by atoms with Crippen molar-refractivity contribution in [3.8, 4) is 0 Å². The van der Waals surface area contributed by atoms with Gasteiger partial charge in [0.2, 0.25) is 5.91 Å². The molecule has 2 atom stereocenters. The molecular formula is C18H23Cl2N3O2. The molecule has 0 aromatic heterocycles. The van der Waals surface area contributed by atoms with Gasteiger partial charge in [-0.2, -0.15) is 0 Å². The van der Waals surface area contributed by atoms with Crippen molar-refractivity contribution in [1.82, 2.24) is 9.80 Å². The fourth-order valence-electron chi connectivity index (χ4n) is 3.64. The normalized spacial score (nSPS) is 24.3. The molecule has 1 aromatic rings. The zero-order chi connectivity index (χ0) is 18.0. The maximum Gasteiger partial charge on any atom is 0.253 e. The highest BCUT2D eigenvalue weighted by molar-refractivity contribution is 6.42. The number of nitrogens with two attached hydrogens (primary N) is 1. The van der Waals surface area contributed by atoms with Crippen molar-refractivity contribution in [1.29, 1.82) is 0 Å². The van der Waals surface area contributed by atoms with E-state index in [4.69, 9.17) is 28.9 Å². The van der Waals surface area contributed by atoms with Crippen LogP contribution in [0.4, 0.5) is 0 Å². The van der Waals surface area contributed by atoms with Crippen LogP contribution in [-0.4, -0.2) is 53.8 Å². The molecule has 136 valence electrons. The van der Waals surface area contributed by atoms with E-state index in [9.17, 15) is 9.59 Å². The molecule has 2 heterocycles. The third kappa shape index (κ3) is 4.27. The van der Waals surface area contributed by atoms with Gasteiger partial charge in [-0.15, -0.1) is 0 Å². The number of benzene rings is 1. The molecule has 0 radical (unpaired) electrons. The van der Waals surface area contributed by atoms with Crippen molar-refractivity contribution >= 4 is 35.0 Å². The predicted molar refractivity (Wildman–Crippen MR) is 98.9 cm³/mol. The quantitative estimate of drug-likeness (QED) is 0.853. The number of amides is 2. The lowest BCUT2D eigenvalue weighted by Gasteiger charge is -2.37. The lowest BCUT2D eigenvalue weighted by Crippen LogP contribution is -2.51. The second-order valence-electron chi connectivity index (χ2n) is 6.91. The minimum atomic E-state index is -0.147. The number of carbonyl (C=O) groups is 2. The molecule has 25 heavy (non-hydrogen) atoms. The minimum Gasteiger partial charge on any atom is -0.341 e. The average Bonchev–Trinajstić information content (AvgIpc) is 2.63. The van der Waals surface area contributed by atoms with E-state index in [1.54, 1.807) is 23.1 Å².